The van der Waals surface area contributed by atoms with Gasteiger partial charge in [-0.2, -0.15) is 0 Å². The normalized spacial score (nSPS) is 10.6. The molecule has 2 aromatic rings. The van der Waals surface area contributed by atoms with Crippen molar-refractivity contribution in [2.24, 2.45) is 0 Å². The van der Waals surface area contributed by atoms with Crippen LogP contribution in [0.25, 0.3) is 5.65 Å². The minimum atomic E-state index is 0.891. The van der Waals surface area contributed by atoms with Crippen LogP contribution in [0.2, 0.25) is 0 Å². The van der Waals surface area contributed by atoms with E-state index in [4.69, 9.17) is 0 Å². The molecule has 0 aromatic carbocycles. The quantitative estimate of drug-likeness (QED) is 0.599. The van der Waals surface area contributed by atoms with Gasteiger partial charge in [-0.3, -0.25) is 4.40 Å². The predicted octanol–water partition coefficient (Wildman–Crippen LogP) is 1.45. The molecule has 2 rings (SSSR count). The summed E-state index contributed by atoms with van der Waals surface area (Å²) in [4.78, 5) is 1.22. The lowest BCUT2D eigenvalue weighted by molar-refractivity contribution is 1.09. The van der Waals surface area contributed by atoms with E-state index >= 15 is 0 Å². The van der Waals surface area contributed by atoms with Crippen molar-refractivity contribution in [1.29, 1.82) is 0 Å². The Labute approximate surface area is 68.4 Å². The van der Waals surface area contributed by atoms with Gasteiger partial charge >= 0.3 is 0 Å². The number of thioether (sulfide) groups is 1. The third kappa shape index (κ3) is 1.09. The van der Waals surface area contributed by atoms with Crippen LogP contribution in [-0.2, 0) is 0 Å². The van der Waals surface area contributed by atoms with Gasteiger partial charge in [0.1, 0.15) is 6.33 Å². The molecule has 0 unspecified atom stereocenters. The van der Waals surface area contributed by atoms with Gasteiger partial charge in [0.2, 0.25) is 0 Å². The van der Waals surface area contributed by atoms with Gasteiger partial charge in [-0.15, -0.1) is 22.0 Å². The first-order valence-electron chi connectivity index (χ1n) is 3.23. The molecular weight excluding hydrogens is 158 g/mol. The van der Waals surface area contributed by atoms with Crippen molar-refractivity contribution >= 4 is 17.4 Å². The van der Waals surface area contributed by atoms with Crippen LogP contribution < -0.4 is 0 Å². The number of hydrogen-bond donors (Lipinski definition) is 0. The van der Waals surface area contributed by atoms with E-state index in [2.05, 4.69) is 10.2 Å². The van der Waals surface area contributed by atoms with Crippen molar-refractivity contribution in [3.63, 3.8) is 0 Å². The Morgan fingerprint density at radius 1 is 1.45 bits per heavy atom. The predicted molar refractivity (Wildman–Crippen MR) is 44.8 cm³/mol. The highest BCUT2D eigenvalue weighted by Crippen LogP contribution is 2.13. The SMILES string of the molecule is CSc1ccc2nncn2c1. The van der Waals surface area contributed by atoms with E-state index < -0.39 is 0 Å². The van der Waals surface area contributed by atoms with Crippen LogP contribution in [0.4, 0.5) is 0 Å². The monoisotopic (exact) mass is 165 g/mol. The van der Waals surface area contributed by atoms with Crippen molar-refractivity contribution in [3.05, 3.63) is 24.7 Å². The number of pyridine rings is 1. The van der Waals surface area contributed by atoms with Crippen molar-refractivity contribution in [2.75, 3.05) is 6.26 Å². The molecule has 0 radical (unpaired) electrons. The van der Waals surface area contributed by atoms with Gasteiger partial charge in [0.05, 0.1) is 0 Å². The number of hydrogen-bond acceptors (Lipinski definition) is 3. The number of fused-ring (bicyclic) bond motifs is 1. The minimum Gasteiger partial charge on any atom is -0.288 e. The van der Waals surface area contributed by atoms with E-state index in [0.29, 0.717) is 0 Å². The third-order valence-electron chi connectivity index (χ3n) is 1.50. The van der Waals surface area contributed by atoms with Crippen LogP contribution in [-0.4, -0.2) is 20.9 Å². The molecule has 0 saturated heterocycles. The lowest BCUT2D eigenvalue weighted by Gasteiger charge is -1.95. The molecule has 3 nitrogen and oxygen atoms in total. The second kappa shape index (κ2) is 2.54. The Bertz CT molecular complexity index is 368. The Balaban J connectivity index is 2.67. The second-order valence-corrected chi connectivity index (χ2v) is 3.04. The van der Waals surface area contributed by atoms with Gasteiger partial charge in [-0.25, -0.2) is 0 Å². The summed E-state index contributed by atoms with van der Waals surface area (Å²) in [5.41, 5.74) is 0.891. The molecule has 11 heavy (non-hydrogen) atoms. The highest BCUT2D eigenvalue weighted by Gasteiger charge is 1.94. The van der Waals surface area contributed by atoms with E-state index in [1.54, 1.807) is 18.1 Å². The lowest BCUT2D eigenvalue weighted by Crippen LogP contribution is -1.82. The molecule has 0 bridgehead atoms. The average molecular weight is 165 g/mol. The van der Waals surface area contributed by atoms with Gasteiger partial charge in [-0.1, -0.05) is 0 Å². The van der Waals surface area contributed by atoms with Crippen molar-refractivity contribution in [3.8, 4) is 0 Å². The summed E-state index contributed by atoms with van der Waals surface area (Å²) in [6.45, 7) is 0. The Hall–Kier alpha value is -1.03. The summed E-state index contributed by atoms with van der Waals surface area (Å²) in [5.74, 6) is 0. The van der Waals surface area contributed by atoms with Crippen LogP contribution in [0, 0.1) is 0 Å². The number of nitrogens with zero attached hydrogens (tertiary/aromatic N) is 3. The Morgan fingerprint density at radius 3 is 3.18 bits per heavy atom. The number of rotatable bonds is 1. The molecule has 0 fully saturated rings. The molecule has 0 aliphatic carbocycles. The summed E-state index contributed by atoms with van der Waals surface area (Å²) < 4.78 is 1.91. The molecule has 0 aliphatic heterocycles. The van der Waals surface area contributed by atoms with E-state index in [-0.39, 0.29) is 0 Å². The first kappa shape index (κ1) is 6.67. The fourth-order valence-corrected chi connectivity index (χ4v) is 1.35. The molecular formula is C7H7N3S. The zero-order chi connectivity index (χ0) is 7.68. The molecule has 0 amide bonds. The average Bonchev–Trinajstić information content (AvgIpc) is 2.50. The Kier molecular flexibility index (Phi) is 1.54. The Morgan fingerprint density at radius 2 is 2.36 bits per heavy atom. The maximum absolute atomic E-state index is 3.90. The fourth-order valence-electron chi connectivity index (χ4n) is 0.928. The smallest absolute Gasteiger partial charge is 0.160 e. The molecule has 0 N–H and O–H groups in total. The molecule has 56 valence electrons. The molecule has 0 aliphatic rings. The highest BCUT2D eigenvalue weighted by molar-refractivity contribution is 7.98. The molecule has 0 atom stereocenters. The summed E-state index contributed by atoms with van der Waals surface area (Å²) >= 11 is 1.71. The molecule has 0 saturated carbocycles. The van der Waals surface area contributed by atoms with Crippen molar-refractivity contribution in [1.82, 2.24) is 14.6 Å². The van der Waals surface area contributed by atoms with Gasteiger partial charge < -0.3 is 0 Å². The van der Waals surface area contributed by atoms with Crippen LogP contribution in [0.15, 0.2) is 29.6 Å². The molecule has 0 spiro atoms. The maximum atomic E-state index is 3.90. The molecule has 2 aromatic heterocycles. The van der Waals surface area contributed by atoms with E-state index in [0.717, 1.165) is 5.65 Å². The van der Waals surface area contributed by atoms with Gasteiger partial charge in [0.25, 0.3) is 0 Å². The van der Waals surface area contributed by atoms with Gasteiger partial charge in [0, 0.05) is 11.1 Å². The standard InChI is InChI=1S/C7H7N3S/c1-11-6-2-3-7-9-8-5-10(7)4-6/h2-5H,1H3. The molecule has 2 heterocycles. The summed E-state index contributed by atoms with van der Waals surface area (Å²) in [6.07, 6.45) is 5.76. The number of aromatic nitrogens is 3. The first-order valence-corrected chi connectivity index (χ1v) is 4.46. The van der Waals surface area contributed by atoms with Crippen LogP contribution in [0.3, 0.4) is 0 Å². The first-order chi connectivity index (χ1) is 5.40. The van der Waals surface area contributed by atoms with Crippen molar-refractivity contribution < 1.29 is 0 Å². The van der Waals surface area contributed by atoms with Crippen LogP contribution in [0.5, 0.6) is 0 Å². The summed E-state index contributed by atoms with van der Waals surface area (Å²) in [5, 5.41) is 7.68. The maximum Gasteiger partial charge on any atom is 0.160 e. The summed E-state index contributed by atoms with van der Waals surface area (Å²) in [6, 6.07) is 3.99. The van der Waals surface area contributed by atoms with Crippen LogP contribution in [0.1, 0.15) is 0 Å². The fraction of sp³-hybridized carbons (Fsp3) is 0.143. The topological polar surface area (TPSA) is 30.2 Å². The minimum absolute atomic E-state index is 0.891. The second-order valence-electron chi connectivity index (χ2n) is 2.17. The largest absolute Gasteiger partial charge is 0.288 e. The van der Waals surface area contributed by atoms with Gasteiger partial charge in [-0.05, 0) is 18.4 Å². The highest BCUT2D eigenvalue weighted by atomic mass is 32.2. The van der Waals surface area contributed by atoms with E-state index in [1.165, 1.54) is 4.90 Å². The van der Waals surface area contributed by atoms with E-state index in [9.17, 15) is 0 Å². The van der Waals surface area contributed by atoms with Crippen LogP contribution >= 0.6 is 11.8 Å². The zero-order valence-corrected chi connectivity index (χ0v) is 6.88. The van der Waals surface area contributed by atoms with Gasteiger partial charge in [0.15, 0.2) is 5.65 Å². The zero-order valence-electron chi connectivity index (χ0n) is 6.06. The lowest BCUT2D eigenvalue weighted by atomic mass is 10.5. The van der Waals surface area contributed by atoms with E-state index in [1.807, 2.05) is 29.0 Å². The van der Waals surface area contributed by atoms with Crippen molar-refractivity contribution in [2.45, 2.75) is 4.90 Å². The third-order valence-corrected chi connectivity index (χ3v) is 2.21. The summed E-state index contributed by atoms with van der Waals surface area (Å²) in [7, 11) is 0. The molecule has 4 heteroatoms.